The summed E-state index contributed by atoms with van der Waals surface area (Å²) in [5.41, 5.74) is 1.53. The molecule has 2 heterocycles. The number of aromatic nitrogens is 1. The average Bonchev–Trinajstić information content (AvgIpc) is 3.46. The first-order valence-electron chi connectivity index (χ1n) is 13.9. The Morgan fingerprint density at radius 3 is 2.33 bits per heavy atom. The standard InChI is InChI=1S/C30H38N6O5S/c1-30(2,3)41-29(39)34-25-8-5-4-7-24(25)32-26(37)22-12-10-21(11-13-22)23(9-6-15-36-16-18-40-19-17-36)33-27(38)35-28-31-14-20-42-28/h4-5,7-8,10-14,20,23H,6,9,15-19H2,1-3H3,(H,32,37)(H,34,39)(H2,31,33,35,38). The number of para-hydroxylation sites is 2. The maximum absolute atomic E-state index is 13.1. The van der Waals surface area contributed by atoms with E-state index in [-0.39, 0.29) is 18.0 Å². The van der Waals surface area contributed by atoms with Gasteiger partial charge in [0.1, 0.15) is 5.60 Å². The summed E-state index contributed by atoms with van der Waals surface area (Å²) in [6.45, 7) is 9.54. The van der Waals surface area contributed by atoms with Gasteiger partial charge in [-0.05, 0) is 70.0 Å². The highest BCUT2D eigenvalue weighted by Gasteiger charge is 2.20. The molecular weight excluding hydrogens is 556 g/mol. The molecule has 42 heavy (non-hydrogen) atoms. The molecule has 4 rings (SSSR count). The molecule has 1 aliphatic rings. The summed E-state index contributed by atoms with van der Waals surface area (Å²) in [4.78, 5) is 44.6. The first-order valence-corrected chi connectivity index (χ1v) is 14.8. The van der Waals surface area contributed by atoms with E-state index in [2.05, 4.69) is 31.2 Å². The number of nitrogens with zero attached hydrogens (tertiary/aromatic N) is 2. The lowest BCUT2D eigenvalue weighted by molar-refractivity contribution is 0.0369. The molecule has 4 N–H and O–H groups in total. The monoisotopic (exact) mass is 594 g/mol. The fourth-order valence-electron chi connectivity index (χ4n) is 4.42. The van der Waals surface area contributed by atoms with Crippen molar-refractivity contribution in [1.29, 1.82) is 0 Å². The second kappa shape index (κ2) is 14.8. The molecule has 11 nitrogen and oxygen atoms in total. The van der Waals surface area contributed by atoms with Crippen LogP contribution < -0.4 is 21.3 Å². The highest BCUT2D eigenvalue weighted by Crippen LogP contribution is 2.24. The summed E-state index contributed by atoms with van der Waals surface area (Å²) in [5, 5.41) is 13.7. The molecule has 3 aromatic rings. The number of hydrogen-bond donors (Lipinski definition) is 4. The molecule has 0 saturated carbocycles. The van der Waals surface area contributed by atoms with Crippen molar-refractivity contribution >= 4 is 45.9 Å². The molecular formula is C30H38N6O5S. The van der Waals surface area contributed by atoms with Crippen LogP contribution in [-0.4, -0.2) is 66.4 Å². The maximum Gasteiger partial charge on any atom is 0.412 e. The van der Waals surface area contributed by atoms with E-state index in [1.807, 2.05) is 12.1 Å². The number of rotatable bonds is 10. The van der Waals surface area contributed by atoms with Crippen molar-refractivity contribution in [3.8, 4) is 0 Å². The predicted molar refractivity (Wildman–Crippen MR) is 164 cm³/mol. The van der Waals surface area contributed by atoms with Gasteiger partial charge in [-0.3, -0.25) is 20.3 Å². The highest BCUT2D eigenvalue weighted by molar-refractivity contribution is 7.13. The van der Waals surface area contributed by atoms with Crippen LogP contribution in [0.5, 0.6) is 0 Å². The minimum absolute atomic E-state index is 0.262. The van der Waals surface area contributed by atoms with Gasteiger partial charge in [0.2, 0.25) is 0 Å². The minimum Gasteiger partial charge on any atom is -0.444 e. The zero-order chi connectivity index (χ0) is 30.0. The van der Waals surface area contributed by atoms with Gasteiger partial charge in [-0.2, -0.15) is 0 Å². The Hall–Kier alpha value is -4.00. The molecule has 0 bridgehead atoms. The lowest BCUT2D eigenvalue weighted by Crippen LogP contribution is -2.37. The Morgan fingerprint density at radius 2 is 1.69 bits per heavy atom. The first kappa shape index (κ1) is 30.9. The van der Waals surface area contributed by atoms with Crippen LogP contribution in [-0.2, 0) is 9.47 Å². The summed E-state index contributed by atoms with van der Waals surface area (Å²) in [6, 6.07) is 13.5. The van der Waals surface area contributed by atoms with Gasteiger partial charge in [0.05, 0.1) is 30.6 Å². The smallest absolute Gasteiger partial charge is 0.412 e. The molecule has 1 unspecified atom stereocenters. The van der Waals surface area contributed by atoms with Gasteiger partial charge in [0.15, 0.2) is 5.13 Å². The molecule has 1 fully saturated rings. The summed E-state index contributed by atoms with van der Waals surface area (Å²) in [5.74, 6) is -0.335. The third-order valence-corrected chi connectivity index (χ3v) is 7.10. The van der Waals surface area contributed by atoms with Crippen molar-refractivity contribution < 1.29 is 23.9 Å². The fourth-order valence-corrected chi connectivity index (χ4v) is 4.94. The summed E-state index contributed by atoms with van der Waals surface area (Å²) in [7, 11) is 0. The van der Waals surface area contributed by atoms with Crippen molar-refractivity contribution in [2.75, 3.05) is 48.8 Å². The van der Waals surface area contributed by atoms with E-state index >= 15 is 0 Å². The van der Waals surface area contributed by atoms with E-state index in [0.29, 0.717) is 22.1 Å². The van der Waals surface area contributed by atoms with Crippen molar-refractivity contribution in [2.24, 2.45) is 0 Å². The van der Waals surface area contributed by atoms with E-state index < -0.39 is 11.7 Å². The number of anilines is 3. The number of thiazole rings is 1. The maximum atomic E-state index is 13.1. The molecule has 0 aliphatic carbocycles. The Bertz CT molecular complexity index is 1320. The largest absolute Gasteiger partial charge is 0.444 e. The SMILES string of the molecule is CC(C)(C)OC(=O)Nc1ccccc1NC(=O)c1ccc(C(CCCN2CCOCC2)NC(=O)Nc2nccs2)cc1. The Kier molecular flexibility index (Phi) is 10.9. The predicted octanol–water partition coefficient (Wildman–Crippen LogP) is 5.72. The Morgan fingerprint density at radius 1 is 1.00 bits per heavy atom. The van der Waals surface area contributed by atoms with Gasteiger partial charge < -0.3 is 20.1 Å². The minimum atomic E-state index is -0.652. The van der Waals surface area contributed by atoms with Crippen LogP contribution in [0, 0.1) is 0 Å². The van der Waals surface area contributed by atoms with Crippen LogP contribution in [0.15, 0.2) is 60.1 Å². The summed E-state index contributed by atoms with van der Waals surface area (Å²) >= 11 is 1.35. The van der Waals surface area contributed by atoms with Crippen LogP contribution in [0.25, 0.3) is 0 Å². The second-order valence-corrected chi connectivity index (χ2v) is 11.7. The van der Waals surface area contributed by atoms with Gasteiger partial charge in [0, 0.05) is 30.2 Å². The lowest BCUT2D eigenvalue weighted by atomic mass is 10.00. The van der Waals surface area contributed by atoms with E-state index in [4.69, 9.17) is 9.47 Å². The zero-order valence-corrected chi connectivity index (χ0v) is 25.0. The summed E-state index contributed by atoms with van der Waals surface area (Å²) < 4.78 is 10.8. The van der Waals surface area contributed by atoms with Crippen molar-refractivity contribution in [3.63, 3.8) is 0 Å². The van der Waals surface area contributed by atoms with Crippen LogP contribution in [0.4, 0.5) is 26.1 Å². The van der Waals surface area contributed by atoms with Gasteiger partial charge in [-0.15, -0.1) is 11.3 Å². The quantitative estimate of drug-likeness (QED) is 0.236. The van der Waals surface area contributed by atoms with Crippen molar-refractivity contribution in [1.82, 2.24) is 15.2 Å². The molecule has 0 spiro atoms. The lowest BCUT2D eigenvalue weighted by Gasteiger charge is -2.27. The number of benzene rings is 2. The number of carbonyl (C=O) groups is 3. The topological polar surface area (TPSA) is 134 Å². The fraction of sp³-hybridized carbons (Fsp3) is 0.400. The van der Waals surface area contributed by atoms with Gasteiger partial charge >= 0.3 is 12.1 Å². The van der Waals surface area contributed by atoms with E-state index in [0.717, 1.165) is 51.3 Å². The van der Waals surface area contributed by atoms with Crippen molar-refractivity contribution in [3.05, 3.63) is 71.2 Å². The zero-order valence-electron chi connectivity index (χ0n) is 24.1. The van der Waals surface area contributed by atoms with Crippen LogP contribution in [0.1, 0.15) is 55.6 Å². The molecule has 2 aromatic carbocycles. The van der Waals surface area contributed by atoms with E-state index in [1.165, 1.54) is 11.3 Å². The van der Waals surface area contributed by atoms with Crippen LogP contribution in [0.2, 0.25) is 0 Å². The van der Waals surface area contributed by atoms with Crippen LogP contribution in [0.3, 0.4) is 0 Å². The Balaban J connectivity index is 1.41. The third-order valence-electron chi connectivity index (χ3n) is 6.42. The number of hydrogen-bond acceptors (Lipinski definition) is 8. The molecule has 1 aromatic heterocycles. The molecule has 1 atom stereocenters. The van der Waals surface area contributed by atoms with Gasteiger partial charge in [-0.25, -0.2) is 14.6 Å². The number of morpholine rings is 1. The normalized spacial score (nSPS) is 14.5. The first-order chi connectivity index (χ1) is 20.2. The molecule has 1 aliphatic heterocycles. The molecule has 4 amide bonds. The van der Waals surface area contributed by atoms with Gasteiger partial charge in [0.25, 0.3) is 5.91 Å². The number of urea groups is 1. The molecule has 224 valence electrons. The van der Waals surface area contributed by atoms with E-state index in [1.54, 1.807) is 68.7 Å². The average molecular weight is 595 g/mol. The molecule has 1 saturated heterocycles. The van der Waals surface area contributed by atoms with Gasteiger partial charge in [-0.1, -0.05) is 24.3 Å². The Labute approximate surface area is 250 Å². The molecule has 0 radical (unpaired) electrons. The van der Waals surface area contributed by atoms with E-state index in [9.17, 15) is 14.4 Å². The number of ether oxygens (including phenoxy) is 2. The molecule has 12 heteroatoms. The van der Waals surface area contributed by atoms with Crippen LogP contribution >= 0.6 is 11.3 Å². The number of nitrogens with one attached hydrogen (secondary N) is 4. The third kappa shape index (κ3) is 9.82. The second-order valence-electron chi connectivity index (χ2n) is 10.8. The highest BCUT2D eigenvalue weighted by atomic mass is 32.1. The number of carbonyl (C=O) groups excluding carboxylic acids is 3. The number of amides is 4. The van der Waals surface area contributed by atoms with Crippen molar-refractivity contribution in [2.45, 2.75) is 45.3 Å². The summed E-state index contributed by atoms with van der Waals surface area (Å²) in [6.07, 6.45) is 2.62.